The minimum absolute atomic E-state index is 0.176. The van der Waals surface area contributed by atoms with Crippen LogP contribution in [0, 0.1) is 11.7 Å². The van der Waals surface area contributed by atoms with E-state index in [4.69, 9.17) is 29.3 Å². The number of H-pyrrole nitrogens is 1. The highest BCUT2D eigenvalue weighted by atomic mass is 19.4. The van der Waals surface area contributed by atoms with E-state index in [-0.39, 0.29) is 18.3 Å². The Morgan fingerprint density at radius 2 is 1.62 bits per heavy atom. The third-order valence-corrected chi connectivity index (χ3v) is 6.72. The van der Waals surface area contributed by atoms with Gasteiger partial charge in [0.2, 0.25) is 5.91 Å². The second-order valence-corrected chi connectivity index (χ2v) is 10.2. The number of anilines is 1. The monoisotopic (exact) mass is 678 g/mol. The van der Waals surface area contributed by atoms with Crippen LogP contribution in [0.15, 0.2) is 48.8 Å². The number of hydrogen-bond donors (Lipinski definition) is 4. The van der Waals surface area contributed by atoms with Crippen LogP contribution in [-0.4, -0.2) is 88.4 Å². The van der Waals surface area contributed by atoms with Gasteiger partial charge in [-0.25, -0.2) is 14.0 Å². The number of likely N-dealkylation sites (tertiary alicyclic amines) is 1. The Balaban J connectivity index is 0.000000360. The zero-order chi connectivity index (χ0) is 34.8. The molecule has 3 aromatic rings. The van der Waals surface area contributed by atoms with Gasteiger partial charge in [0, 0.05) is 18.3 Å². The number of benzene rings is 2. The number of alkyl halides is 6. The van der Waals surface area contributed by atoms with E-state index in [2.05, 4.69) is 20.4 Å². The highest BCUT2D eigenvalue weighted by Crippen LogP contribution is 2.33. The van der Waals surface area contributed by atoms with Gasteiger partial charge in [-0.05, 0) is 73.8 Å². The summed E-state index contributed by atoms with van der Waals surface area (Å²) in [5.74, 6) is -5.18. The molecular formula is C29H29F7N4O7. The highest BCUT2D eigenvalue weighted by molar-refractivity contribution is 5.95. The largest absolute Gasteiger partial charge is 0.492 e. The maximum absolute atomic E-state index is 13.6. The summed E-state index contributed by atoms with van der Waals surface area (Å²) in [5.41, 5.74) is 3.21. The number of aliphatic carboxylic acids is 2. The molecule has 1 unspecified atom stereocenters. The number of carboxylic acids is 2. The minimum Gasteiger partial charge on any atom is -0.492 e. The summed E-state index contributed by atoms with van der Waals surface area (Å²) in [6, 6.07) is 10.1. The molecule has 18 heteroatoms. The van der Waals surface area contributed by atoms with Crippen molar-refractivity contribution >= 4 is 23.5 Å². The van der Waals surface area contributed by atoms with E-state index in [1.54, 1.807) is 12.3 Å². The van der Waals surface area contributed by atoms with Gasteiger partial charge in [-0.15, -0.1) is 0 Å². The summed E-state index contributed by atoms with van der Waals surface area (Å²) in [7, 11) is 0. The van der Waals surface area contributed by atoms with Crippen LogP contribution in [0.2, 0.25) is 0 Å². The lowest BCUT2D eigenvalue weighted by Crippen LogP contribution is -2.32. The number of nitrogens with one attached hydrogen (secondary N) is 2. The number of carboxylic acid groups (broad SMARTS) is 2. The molecule has 4 N–H and O–H groups in total. The Bertz CT molecular complexity index is 1490. The van der Waals surface area contributed by atoms with Crippen molar-refractivity contribution in [2.45, 2.75) is 31.6 Å². The normalized spacial score (nSPS) is 15.9. The fraction of sp³-hybridized carbons (Fsp3) is 0.379. The summed E-state index contributed by atoms with van der Waals surface area (Å²) in [5, 5.41) is 24.1. The SMILES string of the molecule is O=C(Nc1ccc(-c2cn[nH]c2)cc1OCCN1CCCC1)C1COc2ccc(F)cc2C1.O=C(O)C(F)(F)F.O=C(O)C(F)(F)F. The molecule has 0 aliphatic carbocycles. The maximum atomic E-state index is 13.6. The van der Waals surface area contributed by atoms with Gasteiger partial charge in [0.05, 0.1) is 17.8 Å². The molecule has 47 heavy (non-hydrogen) atoms. The quantitative estimate of drug-likeness (QED) is 0.249. The molecule has 1 amide bonds. The van der Waals surface area contributed by atoms with Gasteiger partial charge in [-0.1, -0.05) is 6.07 Å². The van der Waals surface area contributed by atoms with Gasteiger partial charge in [0.25, 0.3) is 0 Å². The van der Waals surface area contributed by atoms with E-state index in [1.807, 2.05) is 24.4 Å². The first-order valence-corrected chi connectivity index (χ1v) is 13.8. The van der Waals surface area contributed by atoms with Crippen LogP contribution < -0.4 is 14.8 Å². The molecule has 2 aliphatic rings. The number of halogens is 7. The molecule has 5 rings (SSSR count). The molecule has 1 aromatic heterocycles. The highest BCUT2D eigenvalue weighted by Gasteiger charge is 2.39. The van der Waals surface area contributed by atoms with Crippen LogP contribution >= 0.6 is 0 Å². The van der Waals surface area contributed by atoms with Crippen LogP contribution in [0.25, 0.3) is 11.1 Å². The Labute approximate surface area is 262 Å². The Kier molecular flexibility index (Phi) is 12.5. The van der Waals surface area contributed by atoms with Gasteiger partial charge in [-0.2, -0.15) is 31.4 Å². The number of aromatic nitrogens is 2. The lowest BCUT2D eigenvalue weighted by atomic mass is 9.95. The molecule has 0 radical (unpaired) electrons. The molecule has 256 valence electrons. The molecule has 1 saturated heterocycles. The molecule has 2 aromatic carbocycles. The number of ether oxygens (including phenoxy) is 2. The lowest BCUT2D eigenvalue weighted by molar-refractivity contribution is -0.193. The van der Waals surface area contributed by atoms with Crippen LogP contribution in [-0.2, 0) is 20.8 Å². The van der Waals surface area contributed by atoms with E-state index >= 15 is 0 Å². The van der Waals surface area contributed by atoms with Crippen molar-refractivity contribution in [1.82, 2.24) is 15.1 Å². The molecule has 1 fully saturated rings. The van der Waals surface area contributed by atoms with Gasteiger partial charge in [0.1, 0.15) is 30.5 Å². The first-order chi connectivity index (χ1) is 22.0. The number of carbonyl (C=O) groups is 3. The van der Waals surface area contributed by atoms with Crippen LogP contribution in [0.3, 0.4) is 0 Å². The van der Waals surface area contributed by atoms with Crippen LogP contribution in [0.5, 0.6) is 11.5 Å². The number of fused-ring (bicyclic) bond motifs is 1. The Morgan fingerprint density at radius 3 is 2.19 bits per heavy atom. The first kappa shape index (κ1) is 36.6. The van der Waals surface area contributed by atoms with E-state index in [0.29, 0.717) is 35.8 Å². The second kappa shape index (κ2) is 16.1. The van der Waals surface area contributed by atoms with Crippen LogP contribution in [0.4, 0.5) is 36.4 Å². The third-order valence-electron chi connectivity index (χ3n) is 6.72. The topological polar surface area (TPSA) is 154 Å². The number of hydrogen-bond acceptors (Lipinski definition) is 7. The van der Waals surface area contributed by atoms with Crippen molar-refractivity contribution in [2.75, 3.05) is 38.2 Å². The van der Waals surface area contributed by atoms with Gasteiger partial charge in [0.15, 0.2) is 0 Å². The van der Waals surface area contributed by atoms with E-state index in [1.165, 1.54) is 25.0 Å². The van der Waals surface area contributed by atoms with E-state index in [0.717, 1.165) is 30.8 Å². The number of carbonyl (C=O) groups excluding carboxylic acids is 1. The van der Waals surface area contributed by atoms with Gasteiger partial charge >= 0.3 is 24.3 Å². The number of nitrogens with zero attached hydrogens (tertiary/aromatic N) is 2. The van der Waals surface area contributed by atoms with E-state index in [9.17, 15) is 35.5 Å². The number of aromatic amines is 1. The van der Waals surface area contributed by atoms with Gasteiger partial charge < -0.3 is 25.0 Å². The predicted octanol–water partition coefficient (Wildman–Crippen LogP) is 5.15. The van der Waals surface area contributed by atoms with Crippen molar-refractivity contribution in [3.8, 4) is 22.6 Å². The maximum Gasteiger partial charge on any atom is 0.490 e. The summed E-state index contributed by atoms with van der Waals surface area (Å²) >= 11 is 0. The third kappa shape index (κ3) is 11.5. The summed E-state index contributed by atoms with van der Waals surface area (Å²) in [6.07, 6.45) is -3.71. The zero-order valence-corrected chi connectivity index (χ0v) is 24.3. The van der Waals surface area contributed by atoms with Crippen molar-refractivity contribution < 1.29 is 64.8 Å². The Hall–Kier alpha value is -4.87. The van der Waals surface area contributed by atoms with Crippen molar-refractivity contribution in [3.05, 3.63) is 60.2 Å². The second-order valence-electron chi connectivity index (χ2n) is 10.2. The molecule has 0 saturated carbocycles. The molecule has 11 nitrogen and oxygen atoms in total. The first-order valence-electron chi connectivity index (χ1n) is 13.8. The minimum atomic E-state index is -5.08. The molecule has 2 aliphatic heterocycles. The summed E-state index contributed by atoms with van der Waals surface area (Å²) in [4.78, 5) is 33.2. The van der Waals surface area contributed by atoms with Crippen molar-refractivity contribution in [2.24, 2.45) is 5.92 Å². The van der Waals surface area contributed by atoms with Crippen molar-refractivity contribution in [1.29, 1.82) is 0 Å². The smallest absolute Gasteiger partial charge is 0.490 e. The molecule has 0 spiro atoms. The number of amides is 1. The zero-order valence-electron chi connectivity index (χ0n) is 24.3. The predicted molar refractivity (Wildman–Crippen MR) is 150 cm³/mol. The fourth-order valence-electron chi connectivity index (χ4n) is 4.39. The van der Waals surface area contributed by atoms with Crippen LogP contribution in [0.1, 0.15) is 18.4 Å². The molecule has 1 atom stereocenters. The summed E-state index contributed by atoms with van der Waals surface area (Å²) < 4.78 is 88.9. The number of rotatable bonds is 7. The average molecular weight is 679 g/mol. The lowest BCUT2D eigenvalue weighted by Gasteiger charge is -2.25. The average Bonchev–Trinajstić information content (AvgIpc) is 3.72. The van der Waals surface area contributed by atoms with Gasteiger partial charge in [-0.3, -0.25) is 14.8 Å². The summed E-state index contributed by atoms with van der Waals surface area (Å²) in [6.45, 7) is 3.85. The Morgan fingerprint density at radius 1 is 0.979 bits per heavy atom. The molecule has 0 bridgehead atoms. The fourth-order valence-corrected chi connectivity index (χ4v) is 4.39. The standard InChI is InChI=1S/C25H27FN4O3.2C2HF3O2/c26-21-4-6-23-18(12-21)11-19(16-33-23)25(31)29-22-5-3-17(20-14-27-28-15-20)13-24(22)32-10-9-30-7-1-2-8-30;2*3-2(4,5)1(6)7/h3-6,12-15,19H,1-2,7-11,16H2,(H,27,28)(H,29,31);2*(H,6,7). The molecule has 3 heterocycles. The molecular weight excluding hydrogens is 649 g/mol. The van der Waals surface area contributed by atoms with Crippen molar-refractivity contribution in [3.63, 3.8) is 0 Å². The van der Waals surface area contributed by atoms with E-state index < -0.39 is 30.2 Å².